The number of esters is 1. The molecule has 0 N–H and O–H groups in total. The molecule has 0 aliphatic heterocycles. The summed E-state index contributed by atoms with van der Waals surface area (Å²) in [4.78, 5) is 30.6. The van der Waals surface area contributed by atoms with E-state index in [2.05, 4.69) is 4.98 Å². The topological polar surface area (TPSA) is 60.7 Å². The predicted molar refractivity (Wildman–Crippen MR) is 83.0 cm³/mol. The van der Waals surface area contributed by atoms with E-state index in [-0.39, 0.29) is 24.1 Å². The second kappa shape index (κ2) is 5.19. The number of nitrogens with zero attached hydrogens (tertiary/aromatic N) is 2. The third-order valence-electron chi connectivity index (χ3n) is 4.59. The summed E-state index contributed by atoms with van der Waals surface area (Å²) >= 11 is 1.59. The van der Waals surface area contributed by atoms with E-state index < -0.39 is 0 Å². The molecule has 1 saturated carbocycles. The van der Waals surface area contributed by atoms with Crippen molar-refractivity contribution in [2.75, 3.05) is 0 Å². The summed E-state index contributed by atoms with van der Waals surface area (Å²) in [5.41, 5.74) is 1.61. The maximum atomic E-state index is 12.4. The summed E-state index contributed by atoms with van der Waals surface area (Å²) < 4.78 is 7.01. The minimum Gasteiger partial charge on any atom is -0.459 e. The lowest BCUT2D eigenvalue weighted by atomic mass is 10.0. The lowest BCUT2D eigenvalue weighted by molar-refractivity contribution is -0.147. The van der Waals surface area contributed by atoms with E-state index in [1.54, 1.807) is 15.7 Å². The Morgan fingerprint density at radius 1 is 1.45 bits per heavy atom. The first-order chi connectivity index (χ1) is 10.6. The van der Waals surface area contributed by atoms with Gasteiger partial charge < -0.3 is 4.74 Å². The van der Waals surface area contributed by atoms with E-state index in [4.69, 9.17) is 4.74 Å². The second-order valence-electron chi connectivity index (χ2n) is 6.31. The van der Waals surface area contributed by atoms with E-state index in [0.29, 0.717) is 11.6 Å². The molecule has 0 saturated heterocycles. The van der Waals surface area contributed by atoms with Gasteiger partial charge in [-0.1, -0.05) is 6.92 Å². The SMILES string of the molecule is C[C@H]1C[C@@H]1C(=O)OCc1cc(=O)n2c3c(sc2n1)CCCC3. The van der Waals surface area contributed by atoms with Crippen LogP contribution >= 0.6 is 11.3 Å². The zero-order chi connectivity index (χ0) is 15.3. The molecule has 1 fully saturated rings. The van der Waals surface area contributed by atoms with Crippen molar-refractivity contribution in [1.82, 2.24) is 9.38 Å². The van der Waals surface area contributed by atoms with Crippen molar-refractivity contribution in [2.24, 2.45) is 11.8 Å². The van der Waals surface area contributed by atoms with Gasteiger partial charge in [-0.3, -0.25) is 14.0 Å². The van der Waals surface area contributed by atoms with Crippen molar-refractivity contribution >= 4 is 22.3 Å². The van der Waals surface area contributed by atoms with Crippen molar-refractivity contribution in [3.8, 4) is 0 Å². The fourth-order valence-electron chi connectivity index (χ4n) is 3.12. The monoisotopic (exact) mass is 318 g/mol. The van der Waals surface area contributed by atoms with Crippen LogP contribution in [0.25, 0.3) is 4.96 Å². The van der Waals surface area contributed by atoms with Crippen LogP contribution in [0.1, 0.15) is 42.5 Å². The Kier molecular flexibility index (Phi) is 3.29. The van der Waals surface area contributed by atoms with Gasteiger partial charge in [-0.15, -0.1) is 11.3 Å². The van der Waals surface area contributed by atoms with Crippen LogP contribution in [0.2, 0.25) is 0 Å². The van der Waals surface area contributed by atoms with E-state index in [0.717, 1.165) is 36.3 Å². The Hall–Kier alpha value is -1.69. The lowest BCUT2D eigenvalue weighted by Crippen LogP contribution is -2.19. The van der Waals surface area contributed by atoms with Crippen LogP contribution in [0.5, 0.6) is 0 Å². The summed E-state index contributed by atoms with van der Waals surface area (Å²) in [6.45, 7) is 2.13. The summed E-state index contributed by atoms with van der Waals surface area (Å²) in [5, 5.41) is 0. The molecular formula is C16H18N2O3S. The Balaban J connectivity index is 1.60. The number of aryl methyl sites for hydroxylation is 2. The number of hydrogen-bond acceptors (Lipinski definition) is 5. The first-order valence-electron chi connectivity index (χ1n) is 7.83. The molecule has 0 aromatic carbocycles. The molecule has 0 radical (unpaired) electrons. The molecule has 4 rings (SSSR count). The first-order valence-corrected chi connectivity index (χ1v) is 8.65. The van der Waals surface area contributed by atoms with Crippen LogP contribution in [0.3, 0.4) is 0 Å². The minimum absolute atomic E-state index is 0.0406. The number of aromatic nitrogens is 2. The quantitative estimate of drug-likeness (QED) is 0.815. The Morgan fingerprint density at radius 3 is 3.00 bits per heavy atom. The molecule has 0 amide bonds. The lowest BCUT2D eigenvalue weighted by Gasteiger charge is -2.10. The first kappa shape index (κ1) is 13.9. The Bertz CT molecular complexity index is 808. The molecule has 22 heavy (non-hydrogen) atoms. The molecule has 0 unspecified atom stereocenters. The normalized spacial score (nSPS) is 23.3. The van der Waals surface area contributed by atoms with Crippen molar-refractivity contribution in [2.45, 2.75) is 45.6 Å². The molecule has 2 aliphatic carbocycles. The number of carbonyl (C=O) groups excluding carboxylic acids is 1. The summed E-state index contributed by atoms with van der Waals surface area (Å²) in [7, 11) is 0. The van der Waals surface area contributed by atoms with Gasteiger partial charge in [-0.25, -0.2) is 4.98 Å². The van der Waals surface area contributed by atoms with Gasteiger partial charge in [0.05, 0.1) is 11.6 Å². The smallest absolute Gasteiger partial charge is 0.309 e. The maximum absolute atomic E-state index is 12.4. The number of thiazole rings is 1. The van der Waals surface area contributed by atoms with Gasteiger partial charge in [0.15, 0.2) is 4.96 Å². The summed E-state index contributed by atoms with van der Waals surface area (Å²) in [6.07, 6.45) is 5.20. The van der Waals surface area contributed by atoms with Crippen LogP contribution in [0.15, 0.2) is 10.9 Å². The van der Waals surface area contributed by atoms with Gasteiger partial charge >= 0.3 is 5.97 Å². The molecule has 2 aromatic heterocycles. The molecular weight excluding hydrogens is 300 g/mol. The maximum Gasteiger partial charge on any atom is 0.309 e. The average Bonchev–Trinajstić information content (AvgIpc) is 3.10. The number of rotatable bonds is 3. The molecule has 2 heterocycles. The number of ether oxygens (including phenoxy) is 1. The highest BCUT2D eigenvalue weighted by Gasteiger charge is 2.40. The molecule has 6 heteroatoms. The van der Waals surface area contributed by atoms with Crippen molar-refractivity contribution in [1.29, 1.82) is 0 Å². The van der Waals surface area contributed by atoms with Crippen LogP contribution in [-0.4, -0.2) is 15.4 Å². The highest BCUT2D eigenvalue weighted by Crippen LogP contribution is 2.38. The van der Waals surface area contributed by atoms with Crippen LogP contribution in [0.4, 0.5) is 0 Å². The van der Waals surface area contributed by atoms with E-state index >= 15 is 0 Å². The third-order valence-corrected chi connectivity index (χ3v) is 5.73. The van der Waals surface area contributed by atoms with E-state index in [1.165, 1.54) is 17.4 Å². The fraction of sp³-hybridized carbons (Fsp3) is 0.562. The van der Waals surface area contributed by atoms with Crippen LogP contribution in [0, 0.1) is 11.8 Å². The number of carbonyl (C=O) groups is 1. The second-order valence-corrected chi connectivity index (χ2v) is 7.37. The van der Waals surface area contributed by atoms with Crippen LogP contribution < -0.4 is 5.56 Å². The standard InChI is InChI=1S/C16H18N2O3S/c1-9-6-11(9)15(20)21-8-10-7-14(19)18-12-4-2-3-5-13(12)22-16(18)17-10/h7,9,11H,2-6,8H2,1H3/t9-,11-/m0/s1. The Morgan fingerprint density at radius 2 is 2.23 bits per heavy atom. The zero-order valence-electron chi connectivity index (χ0n) is 12.5. The van der Waals surface area contributed by atoms with Gasteiger partial charge in [0.25, 0.3) is 5.56 Å². The zero-order valence-corrected chi connectivity index (χ0v) is 13.3. The summed E-state index contributed by atoms with van der Waals surface area (Å²) in [5.74, 6) is 0.302. The van der Waals surface area contributed by atoms with Crippen molar-refractivity contribution in [3.63, 3.8) is 0 Å². The predicted octanol–water partition coefficient (Wildman–Crippen LogP) is 2.33. The van der Waals surface area contributed by atoms with E-state index in [1.807, 2.05) is 6.92 Å². The number of hydrogen-bond donors (Lipinski definition) is 0. The fourth-order valence-corrected chi connectivity index (χ4v) is 4.35. The van der Waals surface area contributed by atoms with Gasteiger partial charge in [-0.05, 0) is 38.0 Å². The minimum atomic E-state index is -0.167. The Labute approximate surface area is 131 Å². The van der Waals surface area contributed by atoms with Crippen molar-refractivity contribution < 1.29 is 9.53 Å². The average molecular weight is 318 g/mol. The van der Waals surface area contributed by atoms with Gasteiger partial charge in [0, 0.05) is 16.6 Å². The van der Waals surface area contributed by atoms with Crippen LogP contribution in [-0.2, 0) is 29.0 Å². The third kappa shape index (κ3) is 2.35. The molecule has 0 spiro atoms. The van der Waals surface area contributed by atoms with Gasteiger partial charge in [0.1, 0.15) is 6.61 Å². The highest BCUT2D eigenvalue weighted by molar-refractivity contribution is 7.17. The highest BCUT2D eigenvalue weighted by atomic mass is 32.1. The molecule has 0 bridgehead atoms. The molecule has 5 nitrogen and oxygen atoms in total. The molecule has 116 valence electrons. The van der Waals surface area contributed by atoms with E-state index in [9.17, 15) is 9.59 Å². The largest absolute Gasteiger partial charge is 0.459 e. The van der Waals surface area contributed by atoms with Gasteiger partial charge in [-0.2, -0.15) is 0 Å². The van der Waals surface area contributed by atoms with Crippen molar-refractivity contribution in [3.05, 3.63) is 32.7 Å². The van der Waals surface area contributed by atoms with Gasteiger partial charge in [0.2, 0.25) is 0 Å². The molecule has 2 aromatic rings. The molecule has 2 atom stereocenters. The summed E-state index contributed by atoms with van der Waals surface area (Å²) in [6, 6.07) is 1.50. The number of fused-ring (bicyclic) bond motifs is 3. The molecule has 2 aliphatic rings.